The maximum absolute atomic E-state index is 13.1. The van der Waals surface area contributed by atoms with Gasteiger partial charge in [0.2, 0.25) is 0 Å². The summed E-state index contributed by atoms with van der Waals surface area (Å²) in [5, 5.41) is 0. The van der Waals surface area contributed by atoms with Gasteiger partial charge in [0.15, 0.2) is 0 Å². The molecule has 0 N–H and O–H groups in total. The molecule has 1 rings (SSSR count). The van der Waals surface area contributed by atoms with Crippen LogP contribution in [0, 0.1) is 0 Å². The third-order valence-corrected chi connectivity index (χ3v) is 2.85. The van der Waals surface area contributed by atoms with Gasteiger partial charge < -0.3 is 4.74 Å². The maximum atomic E-state index is 13.1. The fraction of sp³-hybridized carbons (Fsp3) is 0.500. The highest BCUT2D eigenvalue weighted by molar-refractivity contribution is 5.33. The van der Waals surface area contributed by atoms with Crippen LogP contribution in [0.2, 0.25) is 0 Å². The summed E-state index contributed by atoms with van der Waals surface area (Å²) in [4.78, 5) is 0. The molecule has 0 radical (unpaired) electrons. The molecular weight excluding hydrogens is 388 g/mol. The summed E-state index contributed by atoms with van der Waals surface area (Å²) in [7, 11) is 0. The molecule has 0 unspecified atom stereocenters. The fourth-order valence-electron chi connectivity index (χ4n) is 1.84. The lowest BCUT2D eigenvalue weighted by atomic mass is 9.90. The number of alkyl halides is 12. The van der Waals surface area contributed by atoms with E-state index in [1.54, 1.807) is 0 Å². The van der Waals surface area contributed by atoms with Crippen molar-refractivity contribution in [3.05, 3.63) is 35.4 Å². The molecule has 0 amide bonds. The molecule has 0 atom stereocenters. The summed E-state index contributed by atoms with van der Waals surface area (Å²) in [6.07, 6.45) is -24.0. The molecule has 0 heterocycles. The van der Waals surface area contributed by atoms with E-state index in [1.165, 1.54) is 0 Å². The van der Waals surface area contributed by atoms with Gasteiger partial charge in [-0.25, -0.2) is 0 Å². The molecule has 0 aliphatic heterocycles. The first kappa shape index (κ1) is 21.4. The molecular formula is C12H6F12O. The Morgan fingerprint density at radius 1 is 0.680 bits per heavy atom. The predicted molar refractivity (Wildman–Crippen MR) is 57.2 cm³/mol. The Morgan fingerprint density at radius 3 is 1.48 bits per heavy atom. The van der Waals surface area contributed by atoms with Gasteiger partial charge in [-0.05, 0) is 12.1 Å². The average molecular weight is 394 g/mol. The van der Waals surface area contributed by atoms with Crippen LogP contribution in [-0.4, -0.2) is 25.1 Å². The lowest BCUT2D eigenvalue weighted by Gasteiger charge is -2.37. The summed E-state index contributed by atoms with van der Waals surface area (Å²) in [6.45, 7) is -2.98. The molecule has 25 heavy (non-hydrogen) atoms. The van der Waals surface area contributed by atoms with Crippen LogP contribution in [0.5, 0.6) is 0 Å². The Balaban J connectivity index is 3.66. The van der Waals surface area contributed by atoms with Crippen LogP contribution in [-0.2, 0) is 16.5 Å². The standard InChI is InChI=1S/C12H6F12O/c13-8(14,15)5-25-9(11(19,20)21,12(22,23)24)6-2-1-3-7(4-6)10(16,17)18/h1-4H,5H2. The summed E-state index contributed by atoms with van der Waals surface area (Å²) in [5.41, 5.74) is -9.68. The van der Waals surface area contributed by atoms with Crippen molar-refractivity contribution >= 4 is 0 Å². The zero-order chi connectivity index (χ0) is 19.9. The second-order valence-corrected chi connectivity index (χ2v) is 4.66. The minimum absolute atomic E-state index is 0.0490. The number of hydrogen-bond acceptors (Lipinski definition) is 1. The molecule has 1 aromatic carbocycles. The number of hydrogen-bond donors (Lipinski definition) is 0. The quantitative estimate of drug-likeness (QED) is 0.607. The van der Waals surface area contributed by atoms with Crippen LogP contribution < -0.4 is 0 Å². The lowest BCUT2D eigenvalue weighted by molar-refractivity contribution is -0.400. The largest absolute Gasteiger partial charge is 0.430 e. The highest BCUT2D eigenvalue weighted by atomic mass is 19.4. The topological polar surface area (TPSA) is 9.23 Å². The predicted octanol–water partition coefficient (Wildman–Crippen LogP) is 5.60. The van der Waals surface area contributed by atoms with Gasteiger partial charge in [0, 0.05) is 5.56 Å². The van der Waals surface area contributed by atoms with Crippen molar-refractivity contribution in [2.45, 2.75) is 30.3 Å². The minimum Gasteiger partial charge on any atom is -0.344 e. The molecule has 0 saturated carbocycles. The van der Waals surface area contributed by atoms with Crippen LogP contribution >= 0.6 is 0 Å². The second kappa shape index (κ2) is 6.25. The molecule has 1 aromatic rings. The van der Waals surface area contributed by atoms with Crippen molar-refractivity contribution < 1.29 is 57.4 Å². The van der Waals surface area contributed by atoms with E-state index in [9.17, 15) is 52.7 Å². The Kier molecular flexibility index (Phi) is 5.35. The van der Waals surface area contributed by atoms with Gasteiger partial charge in [-0.3, -0.25) is 0 Å². The highest BCUT2D eigenvalue weighted by Gasteiger charge is 2.74. The molecule has 0 saturated heterocycles. The van der Waals surface area contributed by atoms with Gasteiger partial charge >= 0.3 is 24.7 Å². The normalized spacial score (nSPS) is 14.7. The van der Waals surface area contributed by atoms with Crippen molar-refractivity contribution in [3.63, 3.8) is 0 Å². The van der Waals surface area contributed by atoms with E-state index < -0.39 is 54.1 Å². The van der Waals surface area contributed by atoms with Gasteiger partial charge in [0.05, 0.1) is 5.56 Å². The first-order valence-corrected chi connectivity index (χ1v) is 5.94. The minimum atomic E-state index is -6.53. The third-order valence-electron chi connectivity index (χ3n) is 2.85. The molecule has 0 aromatic heterocycles. The highest BCUT2D eigenvalue weighted by Crippen LogP contribution is 2.54. The Bertz CT molecular complexity index is 578. The van der Waals surface area contributed by atoms with Crippen molar-refractivity contribution in [2.75, 3.05) is 6.61 Å². The summed E-state index contributed by atoms with van der Waals surface area (Å²) < 4.78 is 155. The smallest absolute Gasteiger partial charge is 0.344 e. The summed E-state index contributed by atoms with van der Waals surface area (Å²) >= 11 is 0. The lowest BCUT2D eigenvalue weighted by Crippen LogP contribution is -2.57. The third kappa shape index (κ3) is 4.50. The van der Waals surface area contributed by atoms with Crippen molar-refractivity contribution in [2.24, 2.45) is 0 Å². The van der Waals surface area contributed by atoms with E-state index in [0.29, 0.717) is 0 Å². The first-order chi connectivity index (χ1) is 10.9. The van der Waals surface area contributed by atoms with Crippen LogP contribution in [0.4, 0.5) is 52.7 Å². The van der Waals surface area contributed by atoms with E-state index >= 15 is 0 Å². The zero-order valence-electron chi connectivity index (χ0n) is 11.5. The van der Waals surface area contributed by atoms with Crippen molar-refractivity contribution in [1.82, 2.24) is 0 Å². The van der Waals surface area contributed by atoms with E-state index in [1.807, 2.05) is 0 Å². The van der Waals surface area contributed by atoms with E-state index in [0.717, 1.165) is 0 Å². The van der Waals surface area contributed by atoms with Crippen LogP contribution in [0.15, 0.2) is 24.3 Å². The maximum Gasteiger partial charge on any atom is 0.430 e. The Labute approximate surface area is 131 Å². The van der Waals surface area contributed by atoms with Gasteiger partial charge in [0.1, 0.15) is 6.61 Å². The van der Waals surface area contributed by atoms with Crippen LogP contribution in [0.25, 0.3) is 0 Å². The molecule has 144 valence electrons. The SMILES string of the molecule is FC(F)(F)COC(c1cccc(C(F)(F)F)c1)(C(F)(F)F)C(F)(F)F. The molecule has 13 heteroatoms. The second-order valence-electron chi connectivity index (χ2n) is 4.66. The average Bonchev–Trinajstić information content (AvgIpc) is 2.33. The van der Waals surface area contributed by atoms with Gasteiger partial charge in [0.25, 0.3) is 5.60 Å². The van der Waals surface area contributed by atoms with Crippen LogP contribution in [0.3, 0.4) is 0 Å². The summed E-state index contributed by atoms with van der Waals surface area (Å²) in [6, 6.07) is -0.254. The number of ether oxygens (including phenoxy) is 1. The zero-order valence-corrected chi connectivity index (χ0v) is 11.5. The fourth-order valence-corrected chi connectivity index (χ4v) is 1.84. The number of rotatable bonds is 3. The molecule has 0 aliphatic carbocycles. The van der Waals surface area contributed by atoms with Crippen molar-refractivity contribution in [3.8, 4) is 0 Å². The van der Waals surface area contributed by atoms with E-state index in [2.05, 4.69) is 4.74 Å². The molecule has 0 aliphatic rings. The Hall–Kier alpha value is -1.66. The van der Waals surface area contributed by atoms with Crippen molar-refractivity contribution in [1.29, 1.82) is 0 Å². The molecule has 0 spiro atoms. The van der Waals surface area contributed by atoms with Gasteiger partial charge in [-0.1, -0.05) is 12.1 Å². The molecule has 0 fully saturated rings. The van der Waals surface area contributed by atoms with E-state index in [4.69, 9.17) is 0 Å². The first-order valence-electron chi connectivity index (χ1n) is 5.94. The van der Waals surface area contributed by atoms with Crippen LogP contribution in [0.1, 0.15) is 11.1 Å². The number of halogens is 12. The van der Waals surface area contributed by atoms with Gasteiger partial charge in [-0.15, -0.1) is 0 Å². The number of benzene rings is 1. The Morgan fingerprint density at radius 2 is 1.12 bits per heavy atom. The van der Waals surface area contributed by atoms with Gasteiger partial charge in [-0.2, -0.15) is 52.7 Å². The molecule has 1 nitrogen and oxygen atoms in total. The monoisotopic (exact) mass is 394 g/mol. The molecule has 0 bridgehead atoms. The van der Waals surface area contributed by atoms with E-state index in [-0.39, 0.29) is 18.2 Å². The summed E-state index contributed by atoms with van der Waals surface area (Å²) in [5.74, 6) is 0.